The van der Waals surface area contributed by atoms with Crippen LogP contribution in [0.4, 0.5) is 4.39 Å². The van der Waals surface area contributed by atoms with Gasteiger partial charge in [0, 0.05) is 19.3 Å². The molecule has 0 N–H and O–H groups in total. The van der Waals surface area contributed by atoms with Gasteiger partial charge in [-0.2, -0.15) is 0 Å². The Morgan fingerprint density at radius 3 is 2.76 bits per heavy atom. The van der Waals surface area contributed by atoms with Crippen molar-refractivity contribution in [2.75, 3.05) is 32.9 Å². The number of hydrogen-bond acceptors (Lipinski definition) is 5. The predicted octanol–water partition coefficient (Wildman–Crippen LogP) is 2.85. The maximum atomic E-state index is 13.1. The molecule has 2 aromatic rings. The van der Waals surface area contributed by atoms with Crippen LogP contribution in [0.5, 0.6) is 5.88 Å². The monoisotopic (exact) mass is 345 g/mol. The maximum absolute atomic E-state index is 13.1. The van der Waals surface area contributed by atoms with Crippen molar-refractivity contribution in [2.45, 2.75) is 25.8 Å². The summed E-state index contributed by atoms with van der Waals surface area (Å²) >= 11 is 0. The third-order valence-electron chi connectivity index (χ3n) is 4.17. The first-order valence-electron chi connectivity index (χ1n) is 8.78. The Morgan fingerprint density at radius 1 is 1.00 bits per heavy atom. The lowest BCUT2D eigenvalue weighted by molar-refractivity contribution is 0.0758. The second kappa shape index (κ2) is 9.44. The van der Waals surface area contributed by atoms with E-state index in [9.17, 15) is 4.39 Å². The van der Waals surface area contributed by atoms with Crippen LogP contribution in [-0.4, -0.2) is 47.8 Å². The van der Waals surface area contributed by atoms with E-state index in [1.807, 2.05) is 12.1 Å². The molecular formula is C19H24FN3O2. The highest BCUT2D eigenvalue weighted by Crippen LogP contribution is 2.11. The fraction of sp³-hybridized carbons (Fsp3) is 0.474. The standard InChI is InChI=1S/C19H24FN3O2/c20-17-6-4-16(5-7-17)15-23-8-2-1-3-18-13-21-14-19(22-18)25-12-11-24-10-9-23/h4-7,13-14H,1-3,8-12,15H2. The lowest BCUT2D eigenvalue weighted by atomic mass is 10.1. The van der Waals surface area contributed by atoms with Crippen molar-refractivity contribution in [1.82, 2.24) is 14.9 Å². The van der Waals surface area contributed by atoms with Crippen LogP contribution in [-0.2, 0) is 17.7 Å². The minimum absolute atomic E-state index is 0.198. The van der Waals surface area contributed by atoms with Gasteiger partial charge >= 0.3 is 0 Å². The molecule has 0 atom stereocenters. The molecule has 0 unspecified atom stereocenters. The normalized spacial score (nSPS) is 17.5. The van der Waals surface area contributed by atoms with E-state index in [4.69, 9.17) is 9.47 Å². The number of ether oxygens (including phenoxy) is 2. The summed E-state index contributed by atoms with van der Waals surface area (Å²) in [7, 11) is 0. The van der Waals surface area contributed by atoms with Gasteiger partial charge in [0.15, 0.2) is 0 Å². The molecule has 0 spiro atoms. The van der Waals surface area contributed by atoms with Crippen LogP contribution >= 0.6 is 0 Å². The van der Waals surface area contributed by atoms with Crippen LogP contribution in [0.3, 0.4) is 0 Å². The van der Waals surface area contributed by atoms with E-state index >= 15 is 0 Å². The van der Waals surface area contributed by atoms with Crippen molar-refractivity contribution in [3.05, 3.63) is 53.7 Å². The van der Waals surface area contributed by atoms with Crippen LogP contribution < -0.4 is 4.74 Å². The van der Waals surface area contributed by atoms with Gasteiger partial charge < -0.3 is 9.47 Å². The summed E-state index contributed by atoms with van der Waals surface area (Å²) in [6.45, 7) is 4.27. The van der Waals surface area contributed by atoms with Crippen LogP contribution in [0.1, 0.15) is 24.1 Å². The Hall–Kier alpha value is -2.05. The molecule has 0 radical (unpaired) electrons. The first-order valence-corrected chi connectivity index (χ1v) is 8.78. The molecular weight excluding hydrogens is 321 g/mol. The second-order valence-electron chi connectivity index (χ2n) is 6.17. The summed E-state index contributed by atoms with van der Waals surface area (Å²) in [4.78, 5) is 11.0. The van der Waals surface area contributed by atoms with E-state index in [1.54, 1.807) is 12.4 Å². The van der Waals surface area contributed by atoms with E-state index in [1.165, 1.54) is 12.1 Å². The van der Waals surface area contributed by atoms with Gasteiger partial charge in [-0.1, -0.05) is 12.1 Å². The largest absolute Gasteiger partial charge is 0.474 e. The Kier molecular flexibility index (Phi) is 6.71. The first-order chi connectivity index (χ1) is 12.3. The van der Waals surface area contributed by atoms with E-state index in [2.05, 4.69) is 14.9 Å². The fourth-order valence-corrected chi connectivity index (χ4v) is 2.84. The molecule has 2 bridgehead atoms. The summed E-state index contributed by atoms with van der Waals surface area (Å²) in [5, 5.41) is 0. The van der Waals surface area contributed by atoms with Crippen molar-refractivity contribution in [3.8, 4) is 5.88 Å². The highest BCUT2D eigenvalue weighted by molar-refractivity contribution is 5.15. The minimum Gasteiger partial charge on any atom is -0.474 e. The van der Waals surface area contributed by atoms with Gasteiger partial charge in [-0.25, -0.2) is 9.37 Å². The molecule has 0 fully saturated rings. The molecule has 6 heteroatoms. The third-order valence-corrected chi connectivity index (χ3v) is 4.17. The van der Waals surface area contributed by atoms with Crippen LogP contribution in [0, 0.1) is 5.82 Å². The molecule has 25 heavy (non-hydrogen) atoms. The van der Waals surface area contributed by atoms with Crippen molar-refractivity contribution < 1.29 is 13.9 Å². The maximum Gasteiger partial charge on any atom is 0.232 e. The zero-order valence-electron chi connectivity index (χ0n) is 14.4. The molecule has 5 nitrogen and oxygen atoms in total. The van der Waals surface area contributed by atoms with Crippen molar-refractivity contribution in [1.29, 1.82) is 0 Å². The molecule has 134 valence electrons. The summed E-state index contributed by atoms with van der Waals surface area (Å²) < 4.78 is 24.3. The molecule has 1 aromatic heterocycles. The predicted molar refractivity (Wildman–Crippen MR) is 93.0 cm³/mol. The van der Waals surface area contributed by atoms with Crippen LogP contribution in [0.15, 0.2) is 36.7 Å². The molecule has 3 rings (SSSR count). The highest BCUT2D eigenvalue weighted by Gasteiger charge is 2.08. The first kappa shape index (κ1) is 17.8. The molecule has 1 aliphatic rings. The molecule has 2 heterocycles. The Balaban J connectivity index is 1.58. The number of rotatable bonds is 2. The van der Waals surface area contributed by atoms with Crippen molar-refractivity contribution >= 4 is 0 Å². The van der Waals surface area contributed by atoms with Gasteiger partial charge in [0.25, 0.3) is 0 Å². The number of nitrogens with zero attached hydrogens (tertiary/aromatic N) is 3. The fourth-order valence-electron chi connectivity index (χ4n) is 2.84. The van der Waals surface area contributed by atoms with E-state index in [0.717, 1.165) is 50.2 Å². The Labute approximate surface area is 147 Å². The molecule has 1 aliphatic heterocycles. The van der Waals surface area contributed by atoms with Crippen LogP contribution in [0.25, 0.3) is 0 Å². The molecule has 0 aliphatic carbocycles. The summed E-state index contributed by atoms with van der Waals surface area (Å²) in [6, 6.07) is 6.71. The van der Waals surface area contributed by atoms with E-state index < -0.39 is 0 Å². The summed E-state index contributed by atoms with van der Waals surface area (Å²) in [5.41, 5.74) is 2.07. The van der Waals surface area contributed by atoms with Gasteiger partial charge in [-0.15, -0.1) is 0 Å². The number of aryl methyl sites for hydroxylation is 1. The number of hydrogen-bond donors (Lipinski definition) is 0. The average molecular weight is 345 g/mol. The summed E-state index contributed by atoms with van der Waals surface area (Å²) in [6.07, 6.45) is 6.43. The number of fused-ring (bicyclic) bond motifs is 2. The van der Waals surface area contributed by atoms with Crippen LogP contribution in [0.2, 0.25) is 0 Å². The van der Waals surface area contributed by atoms with Gasteiger partial charge in [-0.3, -0.25) is 9.88 Å². The number of benzene rings is 1. The molecule has 0 saturated carbocycles. The smallest absolute Gasteiger partial charge is 0.232 e. The second-order valence-corrected chi connectivity index (χ2v) is 6.17. The highest BCUT2D eigenvalue weighted by atomic mass is 19.1. The van der Waals surface area contributed by atoms with Crippen molar-refractivity contribution in [3.63, 3.8) is 0 Å². The summed E-state index contributed by atoms with van der Waals surface area (Å²) in [5.74, 6) is 0.368. The van der Waals surface area contributed by atoms with Gasteiger partial charge in [0.05, 0.1) is 25.1 Å². The zero-order valence-corrected chi connectivity index (χ0v) is 14.4. The molecule has 0 amide bonds. The Bertz CT molecular complexity index is 651. The van der Waals surface area contributed by atoms with Gasteiger partial charge in [0.2, 0.25) is 5.88 Å². The Morgan fingerprint density at radius 2 is 1.88 bits per heavy atom. The number of aromatic nitrogens is 2. The minimum atomic E-state index is -0.198. The van der Waals surface area contributed by atoms with Gasteiger partial charge in [0.1, 0.15) is 12.4 Å². The molecule has 1 aromatic carbocycles. The zero-order chi connectivity index (χ0) is 17.3. The quantitative estimate of drug-likeness (QED) is 0.838. The SMILES string of the molecule is Fc1ccc(CN2CCCCc3cncc(n3)OCCOCC2)cc1. The lowest BCUT2D eigenvalue weighted by Crippen LogP contribution is -2.29. The third kappa shape index (κ3) is 6.07. The molecule has 0 saturated heterocycles. The topological polar surface area (TPSA) is 47.5 Å². The average Bonchev–Trinajstić information content (AvgIpc) is 2.63. The lowest BCUT2D eigenvalue weighted by Gasteiger charge is -2.22. The van der Waals surface area contributed by atoms with E-state index in [-0.39, 0.29) is 5.82 Å². The van der Waals surface area contributed by atoms with Crippen molar-refractivity contribution in [2.24, 2.45) is 0 Å². The van der Waals surface area contributed by atoms with E-state index in [0.29, 0.717) is 25.7 Å². The number of halogens is 1. The van der Waals surface area contributed by atoms with Gasteiger partial charge in [-0.05, 0) is 43.5 Å².